The van der Waals surface area contributed by atoms with E-state index in [1.807, 2.05) is 6.07 Å². The molecule has 0 aromatic heterocycles. The zero-order chi connectivity index (χ0) is 16.2. The molecule has 0 radical (unpaired) electrons. The Kier molecular flexibility index (Phi) is 5.47. The van der Waals surface area contributed by atoms with E-state index in [-0.39, 0.29) is 22.8 Å². The molecule has 1 aromatic carbocycles. The van der Waals surface area contributed by atoms with Gasteiger partial charge in [-0.15, -0.1) is 0 Å². The molecule has 7 heteroatoms. The lowest BCUT2D eigenvalue weighted by Crippen LogP contribution is -2.41. The van der Waals surface area contributed by atoms with E-state index in [0.717, 1.165) is 0 Å². The van der Waals surface area contributed by atoms with Crippen molar-refractivity contribution in [2.45, 2.75) is 38.1 Å². The van der Waals surface area contributed by atoms with Crippen molar-refractivity contribution in [2.24, 2.45) is 5.92 Å². The lowest BCUT2D eigenvalue weighted by atomic mass is 10.1. The molecule has 114 valence electrons. The number of nitrogens with zero attached hydrogens (tertiary/aromatic N) is 1. The lowest BCUT2D eigenvalue weighted by Gasteiger charge is -2.17. The molecule has 2 N–H and O–H groups in total. The number of hydrogen-bond acceptors (Lipinski definition) is 4. The first kappa shape index (κ1) is 17.1. The summed E-state index contributed by atoms with van der Waals surface area (Å²) in [5.74, 6) is -1.22. The largest absolute Gasteiger partial charge is 0.480 e. The van der Waals surface area contributed by atoms with Gasteiger partial charge in [-0.25, -0.2) is 8.42 Å². The van der Waals surface area contributed by atoms with Crippen LogP contribution in [-0.2, 0) is 14.8 Å². The van der Waals surface area contributed by atoms with Gasteiger partial charge >= 0.3 is 5.97 Å². The second kappa shape index (κ2) is 6.70. The molecule has 6 nitrogen and oxygen atoms in total. The fourth-order valence-electron chi connectivity index (χ4n) is 1.93. The summed E-state index contributed by atoms with van der Waals surface area (Å²) >= 11 is 0. The van der Waals surface area contributed by atoms with Crippen molar-refractivity contribution in [3.05, 3.63) is 29.3 Å². The van der Waals surface area contributed by atoms with Crippen molar-refractivity contribution in [2.75, 3.05) is 0 Å². The Morgan fingerprint density at radius 2 is 2.05 bits per heavy atom. The number of hydrogen-bond donors (Lipinski definition) is 2. The zero-order valence-corrected chi connectivity index (χ0v) is 12.9. The molecule has 0 bridgehead atoms. The summed E-state index contributed by atoms with van der Waals surface area (Å²) in [6.07, 6.45) is 0.169. The number of aryl methyl sites for hydroxylation is 1. The topological polar surface area (TPSA) is 107 Å². The Balaban J connectivity index is 3.21. The predicted octanol–water partition coefficient (Wildman–Crippen LogP) is 1.64. The van der Waals surface area contributed by atoms with E-state index in [9.17, 15) is 13.2 Å². The summed E-state index contributed by atoms with van der Waals surface area (Å²) in [5.41, 5.74) is 0.551. The third-order valence-corrected chi connectivity index (χ3v) is 4.45. The van der Waals surface area contributed by atoms with E-state index in [0.29, 0.717) is 5.56 Å². The molecule has 0 aliphatic carbocycles. The van der Waals surface area contributed by atoms with Crippen LogP contribution in [0.5, 0.6) is 0 Å². The van der Waals surface area contributed by atoms with Crippen molar-refractivity contribution in [3.63, 3.8) is 0 Å². The molecule has 0 aliphatic rings. The van der Waals surface area contributed by atoms with Crippen LogP contribution in [0.3, 0.4) is 0 Å². The van der Waals surface area contributed by atoms with Crippen LogP contribution < -0.4 is 4.72 Å². The van der Waals surface area contributed by atoms with Gasteiger partial charge in [0.05, 0.1) is 5.56 Å². The number of benzene rings is 1. The van der Waals surface area contributed by atoms with Gasteiger partial charge in [0.15, 0.2) is 0 Å². The fourth-order valence-corrected chi connectivity index (χ4v) is 3.36. The van der Waals surface area contributed by atoms with E-state index >= 15 is 0 Å². The first-order valence-electron chi connectivity index (χ1n) is 6.44. The molecular formula is C14H18N2O4S. The average Bonchev–Trinajstić information content (AvgIpc) is 2.36. The average molecular weight is 310 g/mol. The third-order valence-electron chi connectivity index (χ3n) is 2.94. The minimum Gasteiger partial charge on any atom is -0.480 e. The van der Waals surface area contributed by atoms with Crippen molar-refractivity contribution >= 4 is 16.0 Å². The molecule has 0 saturated heterocycles. The fraction of sp³-hybridized carbons (Fsp3) is 0.429. The monoisotopic (exact) mass is 310 g/mol. The Bertz CT molecular complexity index is 675. The van der Waals surface area contributed by atoms with Gasteiger partial charge < -0.3 is 5.11 Å². The first-order chi connectivity index (χ1) is 9.69. The van der Waals surface area contributed by atoms with Gasteiger partial charge in [-0.3, -0.25) is 4.79 Å². The molecule has 0 saturated carbocycles. The van der Waals surface area contributed by atoms with Crippen LogP contribution in [0.1, 0.15) is 31.4 Å². The molecule has 0 heterocycles. The van der Waals surface area contributed by atoms with Crippen LogP contribution in [0.25, 0.3) is 0 Å². The van der Waals surface area contributed by atoms with Gasteiger partial charge in [-0.05, 0) is 30.9 Å². The number of aliphatic carboxylic acids is 1. The molecule has 1 aromatic rings. The van der Waals surface area contributed by atoms with Crippen LogP contribution in [0.2, 0.25) is 0 Å². The molecule has 0 amide bonds. The second-order valence-electron chi connectivity index (χ2n) is 5.20. The molecule has 1 unspecified atom stereocenters. The van der Waals surface area contributed by atoms with Crippen LogP contribution in [0, 0.1) is 24.2 Å². The molecular weight excluding hydrogens is 292 g/mol. The van der Waals surface area contributed by atoms with Crippen LogP contribution in [-0.4, -0.2) is 25.5 Å². The van der Waals surface area contributed by atoms with E-state index in [1.165, 1.54) is 12.1 Å². The minimum absolute atomic E-state index is 0.0155. The summed E-state index contributed by atoms with van der Waals surface area (Å²) in [6.45, 7) is 5.23. The van der Waals surface area contributed by atoms with E-state index in [2.05, 4.69) is 4.72 Å². The molecule has 1 rings (SSSR count). The van der Waals surface area contributed by atoms with Gasteiger partial charge in [-0.2, -0.15) is 9.98 Å². The second-order valence-corrected chi connectivity index (χ2v) is 6.88. The number of rotatable bonds is 6. The van der Waals surface area contributed by atoms with Crippen LogP contribution in [0.15, 0.2) is 23.1 Å². The standard InChI is InChI=1S/C14H18N2O4S/c1-9(2)7-12(14(17)18)16-21(19,20)13-6-4-5-10(3)11(13)8-15/h4-6,9,12,16H,7H2,1-3H3,(H,17,18). The van der Waals surface area contributed by atoms with Gasteiger partial charge in [0.1, 0.15) is 17.0 Å². The number of carboxylic acid groups (broad SMARTS) is 1. The van der Waals surface area contributed by atoms with Gasteiger partial charge in [0, 0.05) is 0 Å². The summed E-state index contributed by atoms with van der Waals surface area (Å²) in [7, 11) is -4.07. The summed E-state index contributed by atoms with van der Waals surface area (Å²) in [4.78, 5) is 11.0. The zero-order valence-electron chi connectivity index (χ0n) is 12.1. The Labute approximate surface area is 124 Å². The van der Waals surface area contributed by atoms with Crippen LogP contribution in [0.4, 0.5) is 0 Å². The summed E-state index contributed by atoms with van der Waals surface area (Å²) < 4.78 is 26.8. The normalized spacial score (nSPS) is 12.9. The predicted molar refractivity (Wildman–Crippen MR) is 77.1 cm³/mol. The summed E-state index contributed by atoms with van der Waals surface area (Å²) in [5, 5.41) is 18.2. The molecule has 0 fully saturated rings. The Morgan fingerprint density at radius 3 is 2.52 bits per heavy atom. The molecule has 0 spiro atoms. The maximum Gasteiger partial charge on any atom is 0.321 e. The highest BCUT2D eigenvalue weighted by Crippen LogP contribution is 2.19. The maximum absolute atomic E-state index is 12.3. The van der Waals surface area contributed by atoms with E-state index in [1.54, 1.807) is 26.8 Å². The SMILES string of the molecule is Cc1cccc(S(=O)(=O)NC(CC(C)C)C(=O)O)c1C#N. The third kappa shape index (κ3) is 4.28. The van der Waals surface area contributed by atoms with Gasteiger partial charge in [0.2, 0.25) is 10.0 Å². The van der Waals surface area contributed by atoms with Crippen molar-refractivity contribution in [1.29, 1.82) is 5.26 Å². The molecule has 0 aliphatic heterocycles. The number of nitriles is 1. The van der Waals surface area contributed by atoms with E-state index < -0.39 is 22.0 Å². The molecule has 1 atom stereocenters. The van der Waals surface area contributed by atoms with Crippen molar-refractivity contribution in [1.82, 2.24) is 4.72 Å². The highest BCUT2D eigenvalue weighted by Gasteiger charge is 2.28. The minimum atomic E-state index is -4.07. The lowest BCUT2D eigenvalue weighted by molar-refractivity contribution is -0.139. The Hall–Kier alpha value is -1.91. The smallest absolute Gasteiger partial charge is 0.321 e. The number of sulfonamides is 1. The van der Waals surface area contributed by atoms with Gasteiger partial charge in [-0.1, -0.05) is 26.0 Å². The number of carboxylic acids is 1. The summed E-state index contributed by atoms with van der Waals surface area (Å²) in [6, 6.07) is 5.06. The first-order valence-corrected chi connectivity index (χ1v) is 7.92. The number of nitrogens with one attached hydrogen (secondary N) is 1. The quantitative estimate of drug-likeness (QED) is 0.830. The van der Waals surface area contributed by atoms with Crippen molar-refractivity contribution in [3.8, 4) is 6.07 Å². The molecule has 21 heavy (non-hydrogen) atoms. The van der Waals surface area contributed by atoms with Gasteiger partial charge in [0.25, 0.3) is 0 Å². The van der Waals surface area contributed by atoms with Crippen LogP contribution >= 0.6 is 0 Å². The highest BCUT2D eigenvalue weighted by molar-refractivity contribution is 7.89. The Morgan fingerprint density at radius 1 is 1.43 bits per heavy atom. The van der Waals surface area contributed by atoms with E-state index in [4.69, 9.17) is 10.4 Å². The maximum atomic E-state index is 12.3. The number of carbonyl (C=O) groups is 1. The highest BCUT2D eigenvalue weighted by atomic mass is 32.2. The van der Waals surface area contributed by atoms with Crippen molar-refractivity contribution < 1.29 is 18.3 Å².